The Balaban J connectivity index is -0.000000316. The van der Waals surface area contributed by atoms with Crippen LogP contribution in [0.3, 0.4) is 0 Å². The van der Waals surface area contributed by atoms with Crippen molar-refractivity contribution in [2.75, 3.05) is 27.2 Å². The first-order valence-electron chi connectivity index (χ1n) is 15.1. The molecule has 11 nitrogen and oxygen atoms in total. The Morgan fingerprint density at radius 2 is 1.57 bits per heavy atom. The van der Waals surface area contributed by atoms with Crippen molar-refractivity contribution in [2.24, 2.45) is 5.92 Å². The van der Waals surface area contributed by atoms with Crippen LogP contribution in [-0.2, 0) is 35.3 Å². The molecule has 0 spiro atoms. The summed E-state index contributed by atoms with van der Waals surface area (Å²) < 4.78 is 5.88. The van der Waals surface area contributed by atoms with E-state index in [2.05, 4.69) is 48.7 Å². The van der Waals surface area contributed by atoms with Gasteiger partial charge in [-0.25, -0.2) is 0 Å². The number of amides is 1. The van der Waals surface area contributed by atoms with E-state index in [1.54, 1.807) is 0 Å². The number of hydrogen-bond acceptors (Lipinski definition) is 9. The third-order valence-corrected chi connectivity index (χ3v) is 6.13. The molecule has 0 fully saturated rings. The summed E-state index contributed by atoms with van der Waals surface area (Å²) in [4.78, 5) is 52.3. The maximum absolute atomic E-state index is 12.2. The van der Waals surface area contributed by atoms with Crippen molar-refractivity contribution in [2.45, 2.75) is 112 Å². The van der Waals surface area contributed by atoms with E-state index in [0.717, 1.165) is 31.2 Å². The minimum Gasteiger partial charge on any atom is -0.483 e. The number of aldehydes is 2. The zero-order valence-electron chi connectivity index (χ0n) is 29.1. The highest BCUT2D eigenvalue weighted by Crippen LogP contribution is 2.15. The lowest BCUT2D eigenvalue weighted by Gasteiger charge is -2.30. The van der Waals surface area contributed by atoms with Gasteiger partial charge in [-0.3, -0.25) is 14.9 Å². The molecule has 0 heterocycles. The van der Waals surface area contributed by atoms with Crippen LogP contribution >= 0.6 is 0 Å². The Hall–Kier alpha value is -2.99. The van der Waals surface area contributed by atoms with Crippen LogP contribution in [0.5, 0.6) is 0 Å². The molecular weight excluding hydrogens is 564 g/mol. The van der Waals surface area contributed by atoms with Gasteiger partial charge in [-0.05, 0) is 87.5 Å². The number of carboxylic acid groups (broad SMARTS) is 1. The summed E-state index contributed by atoms with van der Waals surface area (Å²) >= 11 is 0. The maximum Gasteiger partial charge on any atom is 0.290 e. The lowest BCUT2D eigenvalue weighted by Crippen LogP contribution is -2.52. The number of carbonyl (C=O) groups excluding carboxylic acids is 4. The van der Waals surface area contributed by atoms with E-state index < -0.39 is 6.04 Å². The van der Waals surface area contributed by atoms with Crippen molar-refractivity contribution in [3.8, 4) is 0 Å². The van der Waals surface area contributed by atoms with Gasteiger partial charge in [0.2, 0.25) is 5.91 Å². The molecule has 4 atom stereocenters. The molecule has 1 aromatic rings. The second kappa shape index (κ2) is 31.4. The Bertz CT molecular complexity index is 820. The van der Waals surface area contributed by atoms with Crippen molar-refractivity contribution in [3.63, 3.8) is 0 Å². The van der Waals surface area contributed by atoms with Crippen molar-refractivity contribution >= 4 is 31.7 Å². The molecule has 0 bridgehead atoms. The lowest BCUT2D eigenvalue weighted by molar-refractivity contribution is -0.132. The summed E-state index contributed by atoms with van der Waals surface area (Å²) in [5.74, 6) is -0.0477. The monoisotopic (exact) mass is 626 g/mol. The van der Waals surface area contributed by atoms with E-state index in [1.807, 2.05) is 85.7 Å². The summed E-state index contributed by atoms with van der Waals surface area (Å²) in [6, 6.07) is 10.3. The van der Waals surface area contributed by atoms with Crippen molar-refractivity contribution in [3.05, 3.63) is 35.9 Å². The first-order chi connectivity index (χ1) is 20.8. The molecule has 4 N–H and O–H groups in total. The predicted molar refractivity (Wildman–Crippen MR) is 179 cm³/mol. The molecule has 0 aliphatic rings. The van der Waals surface area contributed by atoms with Crippen molar-refractivity contribution in [1.29, 1.82) is 0 Å². The number of nitrogens with zero attached hydrogens (tertiary/aromatic N) is 1. The smallest absolute Gasteiger partial charge is 0.290 e. The van der Waals surface area contributed by atoms with E-state index in [0.29, 0.717) is 24.9 Å². The van der Waals surface area contributed by atoms with Gasteiger partial charge in [0.1, 0.15) is 25.4 Å². The average Bonchev–Trinajstić information content (AvgIpc) is 3.00. The fourth-order valence-electron chi connectivity index (χ4n) is 3.86. The van der Waals surface area contributed by atoms with Crippen LogP contribution in [0.2, 0.25) is 0 Å². The van der Waals surface area contributed by atoms with Crippen molar-refractivity contribution < 1.29 is 33.8 Å². The Morgan fingerprint density at radius 1 is 1.05 bits per heavy atom. The van der Waals surface area contributed by atoms with Gasteiger partial charge in [-0.1, -0.05) is 44.2 Å². The Kier molecular flexibility index (Phi) is 34.2. The summed E-state index contributed by atoms with van der Waals surface area (Å²) in [5.41, 5.74) is 0.732. The molecule has 0 saturated carbocycles. The van der Waals surface area contributed by atoms with Crippen LogP contribution < -0.4 is 16.0 Å². The highest BCUT2D eigenvalue weighted by molar-refractivity contribution is 5.84. The molecule has 0 aliphatic carbocycles. The number of ether oxygens (including phenoxy) is 1. The van der Waals surface area contributed by atoms with Gasteiger partial charge in [0.05, 0.1) is 18.2 Å². The van der Waals surface area contributed by atoms with Crippen LogP contribution in [0.1, 0.15) is 80.7 Å². The fraction of sp³-hybridized carbons (Fsp3) is 0.667. The topological polar surface area (TPSA) is 154 Å². The quantitative estimate of drug-likeness (QED) is 0.200. The first-order valence-corrected chi connectivity index (χ1v) is 15.1. The van der Waals surface area contributed by atoms with Gasteiger partial charge in [0.15, 0.2) is 0 Å². The molecule has 0 aliphatic heterocycles. The summed E-state index contributed by atoms with van der Waals surface area (Å²) in [7, 11) is 4.04. The normalized spacial score (nSPS) is 12.9. The molecule has 256 valence electrons. The third kappa shape index (κ3) is 27.8. The van der Waals surface area contributed by atoms with Crippen molar-refractivity contribution in [1.82, 2.24) is 20.9 Å². The summed E-state index contributed by atoms with van der Waals surface area (Å²) in [5, 5.41) is 15.8. The molecule has 1 rings (SSSR count). The summed E-state index contributed by atoms with van der Waals surface area (Å²) in [6.45, 7) is 21.5. The lowest BCUT2D eigenvalue weighted by atomic mass is 9.97. The Morgan fingerprint density at radius 3 is 1.98 bits per heavy atom. The molecule has 4 unspecified atom stereocenters. The van der Waals surface area contributed by atoms with E-state index in [1.165, 1.54) is 0 Å². The average molecular weight is 627 g/mol. The number of nitrogens with one attached hydrogen (secondary N) is 3. The number of carbonyl (C=O) groups is 5. The standard InChI is InChI=1S/C17H26N2O3.C12H26N2O.C2H6.CH2O2.CH2O/c1-13(22-17(2,3)4)15(16(21)18-10-11-20)19-12-14-8-6-5-7-9-14;1-10(2)14(5)11(3)8-12(9-15)6-7-13-4;1-2;2-1-3;1-2/h5-9,11,13,15,19H,10,12H2,1-4H3,(H,18,21);9-13H,6-8H2,1-5H3;1-2H3;1H,(H,2,3);1H2. The van der Waals surface area contributed by atoms with E-state index >= 15 is 0 Å². The highest BCUT2D eigenvalue weighted by atomic mass is 16.5. The van der Waals surface area contributed by atoms with Crippen LogP contribution in [0.25, 0.3) is 0 Å². The minimum atomic E-state index is -0.528. The van der Waals surface area contributed by atoms with Gasteiger partial charge in [-0.2, -0.15) is 0 Å². The minimum absolute atomic E-state index is 0.00455. The van der Waals surface area contributed by atoms with E-state index in [9.17, 15) is 14.4 Å². The second-order valence-electron chi connectivity index (χ2n) is 10.9. The maximum atomic E-state index is 12.2. The molecule has 44 heavy (non-hydrogen) atoms. The van der Waals surface area contributed by atoms with Gasteiger partial charge < -0.3 is 39.8 Å². The van der Waals surface area contributed by atoms with Gasteiger partial charge in [0.25, 0.3) is 6.47 Å². The zero-order chi connectivity index (χ0) is 35.1. The zero-order valence-corrected chi connectivity index (χ0v) is 29.1. The number of benzene rings is 1. The molecule has 0 aromatic heterocycles. The molecule has 1 amide bonds. The Labute approximate surface area is 266 Å². The van der Waals surface area contributed by atoms with Gasteiger partial charge >= 0.3 is 0 Å². The number of rotatable bonds is 16. The predicted octanol–water partition coefficient (Wildman–Crippen LogP) is 3.74. The first kappa shape index (κ1) is 47.9. The van der Waals surface area contributed by atoms with E-state index in [4.69, 9.17) is 19.4 Å². The SMILES string of the molecule is C=O.CC.CC(OC(C)(C)C)C(NCc1ccccc1)C(=O)NCC=O.CNCCC(C=O)CC(C)N(C)C(C)C.O=CO. The molecule has 0 radical (unpaired) electrons. The van der Waals surface area contributed by atoms with Crippen LogP contribution in [-0.4, -0.2) is 98.8 Å². The largest absolute Gasteiger partial charge is 0.483 e. The molecular formula is C33H62N4O7. The van der Waals surface area contributed by atoms with Crippen LogP contribution in [0.15, 0.2) is 30.3 Å². The summed E-state index contributed by atoms with van der Waals surface area (Å²) in [6.07, 6.45) is 3.34. The number of hydrogen-bond donors (Lipinski definition) is 4. The van der Waals surface area contributed by atoms with Gasteiger partial charge in [0, 0.05) is 24.5 Å². The molecule has 11 heteroatoms. The van der Waals surface area contributed by atoms with Gasteiger partial charge in [-0.15, -0.1) is 0 Å². The molecule has 0 saturated heterocycles. The van der Waals surface area contributed by atoms with E-state index in [-0.39, 0.29) is 36.5 Å². The third-order valence-electron chi connectivity index (χ3n) is 6.13. The second-order valence-corrected chi connectivity index (χ2v) is 10.9. The van der Waals surface area contributed by atoms with Crippen LogP contribution in [0, 0.1) is 5.92 Å². The van der Waals surface area contributed by atoms with Crippen LogP contribution in [0.4, 0.5) is 0 Å². The highest BCUT2D eigenvalue weighted by Gasteiger charge is 2.28. The molecule has 1 aromatic carbocycles. The fourth-order valence-corrected chi connectivity index (χ4v) is 3.86.